The molecule has 2 rings (SSSR count). The number of para-hydroxylation sites is 1. The number of aromatic hydroxyl groups is 1. The van der Waals surface area contributed by atoms with Crippen molar-refractivity contribution >= 4 is 5.97 Å². The number of carboxylic acids is 1. The Morgan fingerprint density at radius 1 is 1.11 bits per heavy atom. The van der Waals surface area contributed by atoms with Crippen LogP contribution in [-0.2, 0) is 11.2 Å². The largest absolute Gasteiger partial charge is 0.546 e. The fourth-order valence-corrected chi connectivity index (χ4v) is 1.68. The van der Waals surface area contributed by atoms with E-state index in [9.17, 15) is 15.0 Å². The number of carbonyl (C=O) groups excluding carboxylic acids is 1. The maximum Gasteiger partial charge on any atom is 0.142 e. The SMILES string of the molecule is O=C([O-])C(Cc1ccc(O)cc1)Oc1ccccc1. The first-order valence-electron chi connectivity index (χ1n) is 5.85. The summed E-state index contributed by atoms with van der Waals surface area (Å²) in [5.74, 6) is -0.648. The zero-order chi connectivity index (χ0) is 13.7. The Hall–Kier alpha value is -2.49. The number of benzene rings is 2. The number of aliphatic carboxylic acids is 1. The van der Waals surface area contributed by atoms with Crippen molar-refractivity contribution in [2.75, 3.05) is 0 Å². The molecule has 0 heterocycles. The quantitative estimate of drug-likeness (QED) is 0.871. The Bertz CT molecular complexity index is 534. The van der Waals surface area contributed by atoms with Gasteiger partial charge in [-0.25, -0.2) is 0 Å². The van der Waals surface area contributed by atoms with Gasteiger partial charge in [-0.15, -0.1) is 0 Å². The van der Waals surface area contributed by atoms with E-state index in [1.807, 2.05) is 6.07 Å². The predicted octanol–water partition coefficient (Wildman–Crippen LogP) is 1.13. The van der Waals surface area contributed by atoms with Gasteiger partial charge in [0.1, 0.15) is 17.6 Å². The van der Waals surface area contributed by atoms with Crippen LogP contribution in [0.5, 0.6) is 11.5 Å². The molecule has 0 aliphatic heterocycles. The summed E-state index contributed by atoms with van der Waals surface area (Å²) in [6.45, 7) is 0. The average molecular weight is 257 g/mol. The molecule has 0 spiro atoms. The van der Waals surface area contributed by atoms with Gasteiger partial charge in [0.15, 0.2) is 0 Å². The van der Waals surface area contributed by atoms with Gasteiger partial charge in [0.05, 0.1) is 5.97 Å². The molecule has 1 atom stereocenters. The molecule has 0 aliphatic rings. The smallest absolute Gasteiger partial charge is 0.142 e. The van der Waals surface area contributed by atoms with Crippen LogP contribution < -0.4 is 9.84 Å². The van der Waals surface area contributed by atoms with Gasteiger partial charge < -0.3 is 19.7 Å². The third kappa shape index (κ3) is 3.74. The number of hydrogen-bond donors (Lipinski definition) is 1. The van der Waals surface area contributed by atoms with Gasteiger partial charge in [-0.3, -0.25) is 0 Å². The molecule has 0 saturated carbocycles. The van der Waals surface area contributed by atoms with Crippen molar-refractivity contribution in [1.29, 1.82) is 0 Å². The van der Waals surface area contributed by atoms with Gasteiger partial charge in [0.2, 0.25) is 0 Å². The van der Waals surface area contributed by atoms with E-state index in [4.69, 9.17) is 4.74 Å². The fraction of sp³-hybridized carbons (Fsp3) is 0.133. The van der Waals surface area contributed by atoms with Crippen LogP contribution in [0.4, 0.5) is 0 Å². The average Bonchev–Trinajstić information content (AvgIpc) is 2.41. The summed E-state index contributed by atoms with van der Waals surface area (Å²) in [6.07, 6.45) is -0.885. The Morgan fingerprint density at radius 3 is 2.32 bits per heavy atom. The number of hydrogen-bond acceptors (Lipinski definition) is 4. The molecule has 98 valence electrons. The third-order valence-electron chi connectivity index (χ3n) is 2.64. The molecule has 2 aromatic carbocycles. The molecule has 1 N–H and O–H groups in total. The summed E-state index contributed by atoms with van der Waals surface area (Å²) in [7, 11) is 0. The minimum absolute atomic E-state index is 0.137. The molecule has 0 aliphatic carbocycles. The van der Waals surface area contributed by atoms with Crippen LogP contribution in [0.3, 0.4) is 0 Å². The van der Waals surface area contributed by atoms with Gasteiger partial charge in [-0.1, -0.05) is 30.3 Å². The van der Waals surface area contributed by atoms with E-state index in [2.05, 4.69) is 0 Å². The van der Waals surface area contributed by atoms with Crippen LogP contribution >= 0.6 is 0 Å². The molecule has 0 radical (unpaired) electrons. The van der Waals surface area contributed by atoms with Crippen molar-refractivity contribution in [3.8, 4) is 11.5 Å². The molecular weight excluding hydrogens is 244 g/mol. The molecule has 0 amide bonds. The van der Waals surface area contributed by atoms with Crippen molar-refractivity contribution < 1.29 is 19.7 Å². The second-order valence-corrected chi connectivity index (χ2v) is 4.11. The summed E-state index contributed by atoms with van der Waals surface area (Å²) in [6, 6.07) is 15.0. The highest BCUT2D eigenvalue weighted by Gasteiger charge is 2.13. The number of ether oxygens (including phenoxy) is 1. The number of rotatable bonds is 5. The van der Waals surface area contributed by atoms with Crippen molar-refractivity contribution in [3.63, 3.8) is 0 Å². The van der Waals surface area contributed by atoms with Crippen LogP contribution in [0.1, 0.15) is 5.56 Å². The molecule has 0 bridgehead atoms. The Kier molecular flexibility index (Phi) is 4.03. The highest BCUT2D eigenvalue weighted by molar-refractivity contribution is 5.71. The second-order valence-electron chi connectivity index (χ2n) is 4.11. The van der Waals surface area contributed by atoms with Crippen molar-refractivity contribution in [2.24, 2.45) is 0 Å². The molecule has 0 saturated heterocycles. The molecular formula is C15H13O4-. The lowest BCUT2D eigenvalue weighted by Crippen LogP contribution is -2.41. The van der Waals surface area contributed by atoms with Gasteiger partial charge in [-0.2, -0.15) is 0 Å². The predicted molar refractivity (Wildman–Crippen MR) is 67.7 cm³/mol. The lowest BCUT2D eigenvalue weighted by atomic mass is 10.1. The van der Waals surface area contributed by atoms with Crippen molar-refractivity contribution in [2.45, 2.75) is 12.5 Å². The van der Waals surface area contributed by atoms with E-state index in [1.54, 1.807) is 36.4 Å². The number of phenols is 1. The Labute approximate surface area is 110 Å². The van der Waals surface area contributed by atoms with Crippen LogP contribution in [-0.4, -0.2) is 17.2 Å². The second kappa shape index (κ2) is 5.91. The van der Waals surface area contributed by atoms with Gasteiger partial charge in [0.25, 0.3) is 0 Å². The van der Waals surface area contributed by atoms with Gasteiger partial charge in [-0.05, 0) is 29.8 Å². The van der Waals surface area contributed by atoms with Crippen molar-refractivity contribution in [3.05, 3.63) is 60.2 Å². The summed E-state index contributed by atoms with van der Waals surface area (Å²) in [5.41, 5.74) is 0.753. The molecule has 4 nitrogen and oxygen atoms in total. The first-order chi connectivity index (χ1) is 9.15. The van der Waals surface area contributed by atoms with Gasteiger partial charge >= 0.3 is 0 Å². The highest BCUT2D eigenvalue weighted by Crippen LogP contribution is 2.15. The standard InChI is InChI=1S/C15H14O4/c16-12-8-6-11(7-9-12)10-14(15(17)18)19-13-4-2-1-3-5-13/h1-9,14,16H,10H2,(H,17,18)/p-1. The summed E-state index contributed by atoms with van der Waals surface area (Å²) < 4.78 is 5.39. The molecule has 0 aromatic heterocycles. The maximum absolute atomic E-state index is 11.1. The number of phenolic OH excluding ortho intramolecular Hbond substituents is 1. The number of carbonyl (C=O) groups is 1. The van der Waals surface area contributed by atoms with Gasteiger partial charge in [0, 0.05) is 6.42 Å². The lowest BCUT2D eigenvalue weighted by Gasteiger charge is -2.20. The molecule has 4 heteroatoms. The minimum atomic E-state index is -1.27. The van der Waals surface area contributed by atoms with Crippen molar-refractivity contribution in [1.82, 2.24) is 0 Å². The molecule has 1 unspecified atom stereocenters. The van der Waals surface area contributed by atoms with Crippen LogP contribution in [0.2, 0.25) is 0 Å². The van der Waals surface area contributed by atoms with E-state index in [-0.39, 0.29) is 12.2 Å². The maximum atomic E-state index is 11.1. The van der Waals surface area contributed by atoms with Crippen LogP contribution in [0, 0.1) is 0 Å². The first-order valence-corrected chi connectivity index (χ1v) is 5.85. The van der Waals surface area contributed by atoms with E-state index in [0.29, 0.717) is 5.75 Å². The van der Waals surface area contributed by atoms with E-state index < -0.39 is 12.1 Å². The van der Waals surface area contributed by atoms with E-state index >= 15 is 0 Å². The molecule has 0 fully saturated rings. The monoisotopic (exact) mass is 257 g/mol. The summed E-state index contributed by atoms with van der Waals surface area (Å²) in [5, 5.41) is 20.3. The number of carboxylic acid groups (broad SMARTS) is 1. The minimum Gasteiger partial charge on any atom is -0.546 e. The van der Waals surface area contributed by atoms with Crippen LogP contribution in [0.15, 0.2) is 54.6 Å². The Morgan fingerprint density at radius 2 is 1.74 bits per heavy atom. The van der Waals surface area contributed by atoms with E-state index in [1.165, 1.54) is 12.1 Å². The molecule has 19 heavy (non-hydrogen) atoms. The summed E-state index contributed by atoms with van der Waals surface area (Å²) >= 11 is 0. The summed E-state index contributed by atoms with van der Waals surface area (Å²) in [4.78, 5) is 11.1. The Balaban J connectivity index is 2.08. The highest BCUT2D eigenvalue weighted by atomic mass is 16.5. The topological polar surface area (TPSA) is 69.6 Å². The third-order valence-corrected chi connectivity index (χ3v) is 2.64. The zero-order valence-corrected chi connectivity index (χ0v) is 10.2. The fourth-order valence-electron chi connectivity index (χ4n) is 1.68. The van der Waals surface area contributed by atoms with E-state index in [0.717, 1.165) is 5.56 Å². The normalized spacial score (nSPS) is 11.8. The molecule has 2 aromatic rings. The first kappa shape index (κ1) is 13.0. The lowest BCUT2D eigenvalue weighted by molar-refractivity contribution is -0.313. The zero-order valence-electron chi connectivity index (χ0n) is 10.2. The van der Waals surface area contributed by atoms with Crippen LogP contribution in [0.25, 0.3) is 0 Å².